The lowest BCUT2D eigenvalue weighted by Crippen LogP contribution is -2.41. The average molecular weight is 186 g/mol. The van der Waals surface area contributed by atoms with E-state index in [0.717, 1.165) is 13.0 Å². The number of nitrogens with one attached hydrogen (secondary N) is 1. The molecule has 0 aromatic heterocycles. The first-order chi connectivity index (χ1) is 6.16. The van der Waals surface area contributed by atoms with E-state index in [2.05, 4.69) is 12.2 Å². The van der Waals surface area contributed by atoms with Crippen LogP contribution in [0.4, 0.5) is 0 Å². The SMILES string of the molecule is CCC1(COC)CNCC1C(N)=O. The van der Waals surface area contributed by atoms with Crippen molar-refractivity contribution in [3.8, 4) is 0 Å². The first kappa shape index (κ1) is 10.5. The van der Waals surface area contributed by atoms with Crippen LogP contribution < -0.4 is 11.1 Å². The summed E-state index contributed by atoms with van der Waals surface area (Å²) in [6, 6.07) is 0. The van der Waals surface area contributed by atoms with Gasteiger partial charge < -0.3 is 15.8 Å². The van der Waals surface area contributed by atoms with Gasteiger partial charge in [-0.2, -0.15) is 0 Å². The Hall–Kier alpha value is -0.610. The number of amides is 1. The molecule has 1 aliphatic rings. The third kappa shape index (κ3) is 1.84. The van der Waals surface area contributed by atoms with Crippen molar-refractivity contribution >= 4 is 5.91 Å². The summed E-state index contributed by atoms with van der Waals surface area (Å²) in [5.41, 5.74) is 5.26. The topological polar surface area (TPSA) is 64.3 Å². The lowest BCUT2D eigenvalue weighted by molar-refractivity contribution is -0.125. The van der Waals surface area contributed by atoms with E-state index in [-0.39, 0.29) is 17.2 Å². The maximum Gasteiger partial charge on any atom is 0.222 e. The Balaban J connectivity index is 2.76. The zero-order valence-electron chi connectivity index (χ0n) is 8.30. The predicted octanol–water partition coefficient (Wildman–Crippen LogP) is -0.266. The quantitative estimate of drug-likeness (QED) is 0.635. The average Bonchev–Trinajstić information content (AvgIpc) is 2.50. The van der Waals surface area contributed by atoms with Gasteiger partial charge in [0.25, 0.3) is 0 Å². The molecule has 1 aliphatic heterocycles. The van der Waals surface area contributed by atoms with Crippen molar-refractivity contribution in [1.82, 2.24) is 5.32 Å². The van der Waals surface area contributed by atoms with E-state index in [1.165, 1.54) is 0 Å². The highest BCUT2D eigenvalue weighted by atomic mass is 16.5. The van der Waals surface area contributed by atoms with Gasteiger partial charge in [-0.1, -0.05) is 6.92 Å². The van der Waals surface area contributed by atoms with E-state index < -0.39 is 0 Å². The Labute approximate surface area is 78.8 Å². The molecule has 0 bridgehead atoms. The summed E-state index contributed by atoms with van der Waals surface area (Å²) < 4.78 is 5.15. The Bertz CT molecular complexity index is 196. The summed E-state index contributed by atoms with van der Waals surface area (Å²) in [7, 11) is 1.66. The van der Waals surface area contributed by atoms with Gasteiger partial charge in [0, 0.05) is 25.6 Å². The summed E-state index contributed by atoms with van der Waals surface area (Å²) in [4.78, 5) is 11.2. The second kappa shape index (κ2) is 4.07. The minimum atomic E-state index is -0.219. The van der Waals surface area contributed by atoms with Crippen LogP contribution in [0.3, 0.4) is 0 Å². The first-order valence-corrected chi connectivity index (χ1v) is 4.65. The Morgan fingerprint density at radius 1 is 1.77 bits per heavy atom. The van der Waals surface area contributed by atoms with Crippen LogP contribution in [-0.4, -0.2) is 32.7 Å². The summed E-state index contributed by atoms with van der Waals surface area (Å²) in [5.74, 6) is -0.304. The van der Waals surface area contributed by atoms with E-state index in [0.29, 0.717) is 13.2 Å². The van der Waals surface area contributed by atoms with Crippen molar-refractivity contribution in [2.45, 2.75) is 13.3 Å². The highest BCUT2D eigenvalue weighted by Crippen LogP contribution is 2.34. The fraction of sp³-hybridized carbons (Fsp3) is 0.889. The zero-order chi connectivity index (χ0) is 9.90. The van der Waals surface area contributed by atoms with Crippen LogP contribution in [0.1, 0.15) is 13.3 Å². The van der Waals surface area contributed by atoms with E-state index in [4.69, 9.17) is 10.5 Å². The van der Waals surface area contributed by atoms with Gasteiger partial charge in [0.2, 0.25) is 5.91 Å². The van der Waals surface area contributed by atoms with Crippen molar-refractivity contribution < 1.29 is 9.53 Å². The van der Waals surface area contributed by atoms with Crippen LogP contribution in [0.5, 0.6) is 0 Å². The van der Waals surface area contributed by atoms with Gasteiger partial charge in [-0.3, -0.25) is 4.79 Å². The van der Waals surface area contributed by atoms with Gasteiger partial charge in [0.05, 0.1) is 12.5 Å². The Kier molecular flexibility index (Phi) is 3.27. The highest BCUT2D eigenvalue weighted by Gasteiger charge is 2.44. The van der Waals surface area contributed by atoms with Crippen LogP contribution >= 0.6 is 0 Å². The van der Waals surface area contributed by atoms with Crippen LogP contribution in [0, 0.1) is 11.3 Å². The molecule has 4 heteroatoms. The lowest BCUT2D eigenvalue weighted by atomic mass is 9.76. The molecule has 3 N–H and O–H groups in total. The normalized spacial score (nSPS) is 33.5. The third-order valence-electron chi connectivity index (χ3n) is 3.04. The van der Waals surface area contributed by atoms with Crippen molar-refractivity contribution in [3.63, 3.8) is 0 Å². The summed E-state index contributed by atoms with van der Waals surface area (Å²) in [5, 5.41) is 3.20. The molecule has 2 atom stereocenters. The second-order valence-corrected chi connectivity index (χ2v) is 3.73. The Morgan fingerprint density at radius 3 is 2.92 bits per heavy atom. The van der Waals surface area contributed by atoms with Crippen molar-refractivity contribution in [1.29, 1.82) is 0 Å². The molecule has 76 valence electrons. The minimum absolute atomic E-state index is 0.0828. The number of methoxy groups -OCH3 is 1. The van der Waals surface area contributed by atoms with Crippen molar-refractivity contribution in [2.75, 3.05) is 26.8 Å². The number of hydrogen-bond donors (Lipinski definition) is 2. The molecule has 0 aromatic rings. The van der Waals surface area contributed by atoms with E-state index in [9.17, 15) is 4.79 Å². The highest BCUT2D eigenvalue weighted by molar-refractivity contribution is 5.78. The number of rotatable bonds is 4. The molecular weight excluding hydrogens is 168 g/mol. The van der Waals surface area contributed by atoms with Crippen molar-refractivity contribution in [2.24, 2.45) is 17.1 Å². The van der Waals surface area contributed by atoms with Gasteiger partial charge in [-0.05, 0) is 6.42 Å². The minimum Gasteiger partial charge on any atom is -0.384 e. The van der Waals surface area contributed by atoms with Crippen LogP contribution in [0.25, 0.3) is 0 Å². The van der Waals surface area contributed by atoms with Gasteiger partial charge in [-0.25, -0.2) is 0 Å². The fourth-order valence-electron chi connectivity index (χ4n) is 2.12. The van der Waals surface area contributed by atoms with Gasteiger partial charge >= 0.3 is 0 Å². The zero-order valence-corrected chi connectivity index (χ0v) is 8.30. The standard InChI is InChI=1S/C9H18N2O2/c1-3-9(6-13-2)5-11-4-7(9)8(10)12/h7,11H,3-6H2,1-2H3,(H2,10,12). The Morgan fingerprint density at radius 2 is 2.46 bits per heavy atom. The molecule has 1 heterocycles. The molecule has 0 radical (unpaired) electrons. The smallest absolute Gasteiger partial charge is 0.222 e. The largest absolute Gasteiger partial charge is 0.384 e. The molecule has 1 amide bonds. The number of nitrogens with two attached hydrogens (primary N) is 1. The predicted molar refractivity (Wildman–Crippen MR) is 50.2 cm³/mol. The van der Waals surface area contributed by atoms with E-state index in [1.807, 2.05) is 0 Å². The molecule has 0 aromatic carbocycles. The summed E-state index contributed by atoms with van der Waals surface area (Å²) in [6.07, 6.45) is 0.918. The first-order valence-electron chi connectivity index (χ1n) is 4.65. The maximum absolute atomic E-state index is 11.2. The lowest BCUT2D eigenvalue weighted by Gasteiger charge is -2.30. The van der Waals surface area contributed by atoms with Gasteiger partial charge in [-0.15, -0.1) is 0 Å². The van der Waals surface area contributed by atoms with E-state index in [1.54, 1.807) is 7.11 Å². The number of carbonyl (C=O) groups is 1. The third-order valence-corrected chi connectivity index (χ3v) is 3.04. The number of primary amides is 1. The monoisotopic (exact) mass is 186 g/mol. The number of carbonyl (C=O) groups excluding carboxylic acids is 1. The molecule has 1 fully saturated rings. The van der Waals surface area contributed by atoms with E-state index >= 15 is 0 Å². The molecule has 1 saturated heterocycles. The molecule has 0 saturated carbocycles. The molecule has 0 aliphatic carbocycles. The molecule has 1 rings (SSSR count). The number of hydrogen-bond acceptors (Lipinski definition) is 3. The molecule has 2 unspecified atom stereocenters. The summed E-state index contributed by atoms with van der Waals surface area (Å²) in [6.45, 7) is 4.18. The van der Waals surface area contributed by atoms with Gasteiger partial charge in [0.1, 0.15) is 0 Å². The van der Waals surface area contributed by atoms with Crippen LogP contribution in [0.15, 0.2) is 0 Å². The van der Waals surface area contributed by atoms with Crippen LogP contribution in [0.2, 0.25) is 0 Å². The second-order valence-electron chi connectivity index (χ2n) is 3.73. The molecular formula is C9H18N2O2. The maximum atomic E-state index is 11.2. The van der Waals surface area contributed by atoms with Gasteiger partial charge in [0.15, 0.2) is 0 Å². The molecule has 0 spiro atoms. The molecule has 13 heavy (non-hydrogen) atoms. The summed E-state index contributed by atoms with van der Waals surface area (Å²) >= 11 is 0. The number of ether oxygens (including phenoxy) is 1. The van der Waals surface area contributed by atoms with Crippen LogP contribution in [-0.2, 0) is 9.53 Å². The van der Waals surface area contributed by atoms with Crippen molar-refractivity contribution in [3.05, 3.63) is 0 Å². The fourth-order valence-corrected chi connectivity index (χ4v) is 2.12. The molecule has 4 nitrogen and oxygen atoms in total.